The van der Waals surface area contributed by atoms with Gasteiger partial charge in [0.05, 0.1) is 22.9 Å². The molecule has 0 radical (unpaired) electrons. The van der Waals surface area contributed by atoms with Gasteiger partial charge in [-0.05, 0) is 82.5 Å². The zero-order chi connectivity index (χ0) is 28.9. The summed E-state index contributed by atoms with van der Waals surface area (Å²) in [6.45, 7) is 8.03. The summed E-state index contributed by atoms with van der Waals surface area (Å²) in [4.78, 5) is 23.1. The Labute approximate surface area is 236 Å². The van der Waals surface area contributed by atoms with Crippen LogP contribution >= 0.6 is 0 Å². The van der Waals surface area contributed by atoms with E-state index in [1.807, 2.05) is 64.1 Å². The van der Waals surface area contributed by atoms with Gasteiger partial charge in [-0.15, -0.1) is 0 Å². The number of aromatic nitrogens is 2. The maximum Gasteiger partial charge on any atom is 0.410 e. The Hall–Kier alpha value is -3.92. The molecule has 1 fully saturated rings. The van der Waals surface area contributed by atoms with Gasteiger partial charge in [0.1, 0.15) is 11.4 Å². The summed E-state index contributed by atoms with van der Waals surface area (Å²) in [7, 11) is -1.90. The topological polar surface area (TPSA) is 111 Å². The number of carbonyl (C=O) groups is 1. The molecule has 0 spiro atoms. The molecule has 2 heterocycles. The number of sulfone groups is 1. The van der Waals surface area contributed by atoms with E-state index in [2.05, 4.69) is 15.3 Å². The fraction of sp³-hybridized carbons (Fsp3) is 0.367. The minimum atomic E-state index is -3.54. The predicted molar refractivity (Wildman–Crippen MR) is 156 cm³/mol. The molecule has 1 aromatic heterocycles. The fourth-order valence-electron chi connectivity index (χ4n) is 4.36. The molecule has 9 nitrogen and oxygen atoms in total. The molecule has 10 heteroatoms. The van der Waals surface area contributed by atoms with Crippen molar-refractivity contribution in [2.75, 3.05) is 25.5 Å². The van der Waals surface area contributed by atoms with E-state index in [1.54, 1.807) is 42.5 Å². The normalized spacial score (nSPS) is 14.8. The standard InChI is InChI=1S/C30H36N4O5S/c1-21-23(10-9-22-7-6-8-25(19-22)38-5)20-31-28(32-21)33-24-11-13-26(14-12-24)40(36,37)27-15-17-34(18-16-27)29(35)39-30(2,3)4/h6-14,19-20,27H,15-18H2,1-5H3,(H,31,32,33)/b10-9+. The van der Waals surface area contributed by atoms with Gasteiger partial charge < -0.3 is 19.7 Å². The number of benzene rings is 2. The molecular weight excluding hydrogens is 528 g/mol. The number of nitrogens with one attached hydrogen (secondary N) is 1. The Morgan fingerprint density at radius 3 is 2.40 bits per heavy atom. The van der Waals surface area contributed by atoms with Gasteiger partial charge in [-0.3, -0.25) is 0 Å². The number of ether oxygens (including phenoxy) is 2. The average Bonchev–Trinajstić information content (AvgIpc) is 2.92. The molecule has 1 saturated heterocycles. The molecule has 1 aliphatic rings. The smallest absolute Gasteiger partial charge is 0.410 e. The van der Waals surface area contributed by atoms with Crippen molar-refractivity contribution in [3.63, 3.8) is 0 Å². The monoisotopic (exact) mass is 564 g/mol. The summed E-state index contributed by atoms with van der Waals surface area (Å²) in [5.74, 6) is 1.21. The number of methoxy groups -OCH3 is 1. The number of amides is 1. The van der Waals surface area contributed by atoms with Crippen LogP contribution in [0.25, 0.3) is 12.2 Å². The number of hydrogen-bond acceptors (Lipinski definition) is 8. The molecule has 1 aliphatic heterocycles. The van der Waals surface area contributed by atoms with Gasteiger partial charge in [0.25, 0.3) is 0 Å². The molecule has 0 aliphatic carbocycles. The third kappa shape index (κ3) is 7.38. The number of hydrogen-bond donors (Lipinski definition) is 1. The maximum absolute atomic E-state index is 13.3. The summed E-state index contributed by atoms with van der Waals surface area (Å²) in [6.07, 6.45) is 6.00. The van der Waals surface area contributed by atoms with Crippen LogP contribution < -0.4 is 10.1 Å². The lowest BCUT2D eigenvalue weighted by molar-refractivity contribution is 0.0217. The lowest BCUT2D eigenvalue weighted by Gasteiger charge is -2.33. The predicted octanol–water partition coefficient (Wildman–Crippen LogP) is 5.88. The van der Waals surface area contributed by atoms with Crippen LogP contribution in [0.3, 0.4) is 0 Å². The van der Waals surface area contributed by atoms with Crippen LogP contribution in [-0.4, -0.2) is 60.4 Å². The van der Waals surface area contributed by atoms with Gasteiger partial charge in [-0.2, -0.15) is 0 Å². The van der Waals surface area contributed by atoms with Crippen LogP contribution in [0.4, 0.5) is 16.4 Å². The van der Waals surface area contributed by atoms with Crippen molar-refractivity contribution in [3.8, 4) is 5.75 Å². The minimum Gasteiger partial charge on any atom is -0.497 e. The van der Waals surface area contributed by atoms with Gasteiger partial charge in [-0.1, -0.05) is 24.3 Å². The highest BCUT2D eigenvalue weighted by Crippen LogP contribution is 2.27. The second-order valence-electron chi connectivity index (χ2n) is 10.7. The molecule has 2 aromatic carbocycles. The van der Waals surface area contributed by atoms with Gasteiger partial charge in [0.2, 0.25) is 5.95 Å². The van der Waals surface area contributed by atoms with E-state index in [-0.39, 0.29) is 4.90 Å². The largest absolute Gasteiger partial charge is 0.497 e. The van der Waals surface area contributed by atoms with Gasteiger partial charge >= 0.3 is 6.09 Å². The second-order valence-corrected chi connectivity index (χ2v) is 12.9. The Morgan fingerprint density at radius 2 is 1.77 bits per heavy atom. The molecule has 4 rings (SSSR count). The van der Waals surface area contributed by atoms with Gasteiger partial charge in [-0.25, -0.2) is 23.2 Å². The Balaban J connectivity index is 1.36. The number of nitrogens with zero attached hydrogens (tertiary/aromatic N) is 3. The van der Waals surface area contributed by atoms with Crippen LogP contribution in [0.15, 0.2) is 59.6 Å². The SMILES string of the molecule is COc1cccc(/C=C/c2cnc(Nc3ccc(S(=O)(=O)C4CCN(C(=O)OC(C)(C)C)CC4)cc3)nc2C)c1. The summed E-state index contributed by atoms with van der Waals surface area (Å²) < 4.78 is 37.2. The third-order valence-electron chi connectivity index (χ3n) is 6.54. The number of rotatable bonds is 7. The van der Waals surface area contributed by atoms with Crippen molar-refractivity contribution in [2.45, 2.75) is 56.3 Å². The molecule has 0 saturated carbocycles. The number of piperidine rings is 1. The Bertz CT molecular complexity index is 1470. The van der Waals surface area contributed by atoms with E-state index in [0.717, 1.165) is 22.6 Å². The second kappa shape index (κ2) is 12.1. The van der Waals surface area contributed by atoms with Crippen LogP contribution in [0, 0.1) is 6.92 Å². The number of anilines is 2. The third-order valence-corrected chi connectivity index (χ3v) is 8.82. The highest BCUT2D eigenvalue weighted by atomic mass is 32.2. The zero-order valence-corrected chi connectivity index (χ0v) is 24.4. The van der Waals surface area contributed by atoms with E-state index in [9.17, 15) is 13.2 Å². The lowest BCUT2D eigenvalue weighted by atomic mass is 10.1. The molecule has 1 N–H and O–H groups in total. The van der Waals surface area contributed by atoms with Crippen molar-refractivity contribution in [1.82, 2.24) is 14.9 Å². The molecule has 40 heavy (non-hydrogen) atoms. The first-order chi connectivity index (χ1) is 18.9. The lowest BCUT2D eigenvalue weighted by Crippen LogP contribution is -2.44. The average molecular weight is 565 g/mol. The summed E-state index contributed by atoms with van der Waals surface area (Å²) in [5.41, 5.74) is 2.78. The fourth-order valence-corrected chi connectivity index (χ4v) is 6.09. The van der Waals surface area contributed by atoms with Crippen molar-refractivity contribution in [2.24, 2.45) is 0 Å². The first-order valence-corrected chi connectivity index (χ1v) is 14.7. The van der Waals surface area contributed by atoms with Gasteiger partial charge in [0.15, 0.2) is 9.84 Å². The Morgan fingerprint density at radius 1 is 1.07 bits per heavy atom. The minimum absolute atomic E-state index is 0.254. The highest BCUT2D eigenvalue weighted by Gasteiger charge is 2.34. The molecule has 3 aromatic rings. The first kappa shape index (κ1) is 29.1. The van der Waals surface area contributed by atoms with Crippen LogP contribution in [0.2, 0.25) is 0 Å². The van der Waals surface area contributed by atoms with Crippen molar-refractivity contribution >= 4 is 39.7 Å². The molecule has 0 bridgehead atoms. The van der Waals surface area contributed by atoms with Crippen LogP contribution in [0.5, 0.6) is 5.75 Å². The van der Waals surface area contributed by atoms with Crippen molar-refractivity contribution in [1.29, 1.82) is 0 Å². The van der Waals surface area contributed by atoms with Crippen LogP contribution in [0.1, 0.15) is 50.4 Å². The first-order valence-electron chi connectivity index (χ1n) is 13.2. The van der Waals surface area contributed by atoms with E-state index >= 15 is 0 Å². The van der Waals surface area contributed by atoms with E-state index < -0.39 is 26.8 Å². The summed E-state index contributed by atoms with van der Waals surface area (Å²) in [6, 6.07) is 14.4. The molecule has 0 atom stereocenters. The van der Waals surface area contributed by atoms with Crippen LogP contribution in [-0.2, 0) is 14.6 Å². The molecular formula is C30H36N4O5S. The number of carbonyl (C=O) groups excluding carboxylic acids is 1. The molecule has 0 unspecified atom stereocenters. The van der Waals surface area contributed by atoms with Crippen molar-refractivity contribution in [3.05, 3.63) is 71.5 Å². The molecule has 1 amide bonds. The van der Waals surface area contributed by atoms with E-state index in [4.69, 9.17) is 9.47 Å². The highest BCUT2D eigenvalue weighted by molar-refractivity contribution is 7.92. The maximum atomic E-state index is 13.3. The Kier molecular flexibility index (Phi) is 8.78. The zero-order valence-electron chi connectivity index (χ0n) is 23.5. The summed E-state index contributed by atoms with van der Waals surface area (Å²) >= 11 is 0. The van der Waals surface area contributed by atoms with Gasteiger partial charge in [0, 0.05) is 30.5 Å². The van der Waals surface area contributed by atoms with E-state index in [1.165, 1.54) is 0 Å². The number of aryl methyl sites for hydroxylation is 1. The van der Waals surface area contributed by atoms with Crippen molar-refractivity contribution < 1.29 is 22.7 Å². The number of likely N-dealkylation sites (tertiary alicyclic amines) is 1. The summed E-state index contributed by atoms with van der Waals surface area (Å²) in [5, 5.41) is 2.59. The quantitative estimate of drug-likeness (QED) is 0.379. The molecule has 212 valence electrons. The van der Waals surface area contributed by atoms with E-state index in [0.29, 0.717) is 37.6 Å².